The second-order valence-corrected chi connectivity index (χ2v) is 5.24. The summed E-state index contributed by atoms with van der Waals surface area (Å²) < 4.78 is 31.6. The van der Waals surface area contributed by atoms with E-state index < -0.39 is 23.3 Å². The first-order valence-corrected chi connectivity index (χ1v) is 6.39. The highest BCUT2D eigenvalue weighted by atomic mass is 79.9. The number of carbonyl (C=O) groups excluding carboxylic acids is 1. The second-order valence-electron chi connectivity index (χ2n) is 4.68. The predicted molar refractivity (Wildman–Crippen MR) is 68.8 cm³/mol. The van der Waals surface area contributed by atoms with Gasteiger partial charge in [0.1, 0.15) is 17.2 Å². The number of nitrogens with one attached hydrogen (secondary N) is 1. The van der Waals surface area contributed by atoms with Crippen LogP contribution in [-0.2, 0) is 10.1 Å². The molecule has 1 rings (SSSR count). The molecule has 0 aromatic heterocycles. The average molecular weight is 322 g/mol. The monoisotopic (exact) mass is 321 g/mol. The van der Waals surface area contributed by atoms with Gasteiger partial charge in [-0.15, -0.1) is 0 Å². The Morgan fingerprint density at radius 2 is 1.94 bits per heavy atom. The van der Waals surface area contributed by atoms with Crippen LogP contribution in [0, 0.1) is 11.6 Å². The van der Waals surface area contributed by atoms with Gasteiger partial charge in [0.05, 0.1) is 5.69 Å². The van der Waals surface area contributed by atoms with Gasteiger partial charge in [-0.05, 0) is 26.8 Å². The van der Waals surface area contributed by atoms with Crippen molar-refractivity contribution in [3.05, 3.63) is 29.3 Å². The van der Waals surface area contributed by atoms with Crippen LogP contribution in [-0.4, -0.2) is 11.7 Å². The minimum absolute atomic E-state index is 0.111. The molecule has 1 N–H and O–H groups in total. The summed E-state index contributed by atoms with van der Waals surface area (Å²) in [5, 5.41) is 2.47. The summed E-state index contributed by atoms with van der Waals surface area (Å²) in [7, 11) is 0. The molecule has 0 bridgehead atoms. The fourth-order valence-corrected chi connectivity index (χ4v) is 1.64. The molecule has 0 aliphatic rings. The maximum absolute atomic E-state index is 13.4. The van der Waals surface area contributed by atoms with Crippen LogP contribution in [0.15, 0.2) is 12.1 Å². The van der Waals surface area contributed by atoms with E-state index in [9.17, 15) is 13.6 Å². The summed E-state index contributed by atoms with van der Waals surface area (Å²) in [4.78, 5) is 11.5. The molecule has 0 saturated carbocycles. The smallest absolute Gasteiger partial charge is 0.412 e. The van der Waals surface area contributed by atoms with Gasteiger partial charge in [0.2, 0.25) is 0 Å². The molecule has 0 heterocycles. The van der Waals surface area contributed by atoms with E-state index in [0.29, 0.717) is 0 Å². The van der Waals surface area contributed by atoms with Gasteiger partial charge in [-0.2, -0.15) is 0 Å². The molecule has 0 aliphatic heterocycles. The molecule has 3 nitrogen and oxygen atoms in total. The molecule has 1 aromatic carbocycles. The first kappa shape index (κ1) is 14.9. The molecule has 0 spiro atoms. The zero-order chi connectivity index (χ0) is 13.9. The Balaban J connectivity index is 2.88. The van der Waals surface area contributed by atoms with Crippen LogP contribution in [0.4, 0.5) is 19.3 Å². The van der Waals surface area contributed by atoms with E-state index in [1.165, 1.54) is 6.07 Å². The van der Waals surface area contributed by atoms with Crippen molar-refractivity contribution in [1.82, 2.24) is 0 Å². The van der Waals surface area contributed by atoms with Gasteiger partial charge in [0.15, 0.2) is 0 Å². The lowest BCUT2D eigenvalue weighted by Gasteiger charge is -2.20. The van der Waals surface area contributed by atoms with Gasteiger partial charge in [-0.1, -0.05) is 15.9 Å². The summed E-state index contributed by atoms with van der Waals surface area (Å²) in [5.74, 6) is -1.51. The molecule has 0 fully saturated rings. The quantitative estimate of drug-likeness (QED) is 0.829. The number of amides is 1. The first-order valence-electron chi connectivity index (χ1n) is 5.27. The van der Waals surface area contributed by atoms with Gasteiger partial charge in [-0.3, -0.25) is 5.32 Å². The summed E-state index contributed by atoms with van der Waals surface area (Å²) in [5.41, 5.74) is -0.540. The highest BCUT2D eigenvalue weighted by Crippen LogP contribution is 2.22. The van der Waals surface area contributed by atoms with E-state index in [1.807, 2.05) is 0 Å². The zero-order valence-corrected chi connectivity index (χ0v) is 11.9. The number of hydrogen-bond donors (Lipinski definition) is 1. The number of anilines is 1. The number of carbonyl (C=O) groups is 1. The fourth-order valence-electron chi connectivity index (χ4n) is 1.21. The van der Waals surface area contributed by atoms with Crippen molar-refractivity contribution in [2.24, 2.45) is 0 Å². The van der Waals surface area contributed by atoms with E-state index in [-0.39, 0.29) is 16.6 Å². The van der Waals surface area contributed by atoms with E-state index in [1.54, 1.807) is 20.8 Å². The number of hydrogen-bond acceptors (Lipinski definition) is 2. The number of benzene rings is 1. The predicted octanol–water partition coefficient (Wildman–Crippen LogP) is 4.21. The van der Waals surface area contributed by atoms with E-state index in [0.717, 1.165) is 6.07 Å². The van der Waals surface area contributed by atoms with Crippen LogP contribution < -0.4 is 5.32 Å². The number of ether oxygens (including phenoxy) is 1. The highest BCUT2D eigenvalue weighted by molar-refractivity contribution is 9.08. The van der Waals surface area contributed by atoms with Gasteiger partial charge in [0.25, 0.3) is 0 Å². The Morgan fingerprint density at radius 1 is 1.33 bits per heavy atom. The second kappa shape index (κ2) is 5.65. The summed E-state index contributed by atoms with van der Waals surface area (Å²) in [6.07, 6.45) is -0.784. The lowest BCUT2D eigenvalue weighted by molar-refractivity contribution is 0.0635. The molecule has 100 valence electrons. The first-order chi connectivity index (χ1) is 8.23. The minimum Gasteiger partial charge on any atom is -0.444 e. The molecular weight excluding hydrogens is 308 g/mol. The third-order valence-corrected chi connectivity index (χ3v) is 2.52. The molecule has 0 radical (unpaired) electrons. The molecular formula is C12H14BrF2NO2. The Labute approximate surface area is 113 Å². The van der Waals surface area contributed by atoms with Crippen LogP contribution in [0.3, 0.4) is 0 Å². The van der Waals surface area contributed by atoms with Crippen molar-refractivity contribution >= 4 is 27.7 Å². The van der Waals surface area contributed by atoms with Crippen molar-refractivity contribution < 1.29 is 18.3 Å². The molecule has 0 atom stereocenters. The minimum atomic E-state index is -0.844. The van der Waals surface area contributed by atoms with E-state index >= 15 is 0 Å². The Bertz CT molecular complexity index is 458. The van der Waals surface area contributed by atoms with Crippen LogP contribution in [0.2, 0.25) is 0 Å². The summed E-state index contributed by atoms with van der Waals surface area (Å²) >= 11 is 3.08. The van der Waals surface area contributed by atoms with Crippen LogP contribution >= 0.6 is 15.9 Å². The number of alkyl halides is 1. The lowest BCUT2D eigenvalue weighted by atomic mass is 10.2. The van der Waals surface area contributed by atoms with Gasteiger partial charge >= 0.3 is 6.09 Å². The van der Waals surface area contributed by atoms with Crippen molar-refractivity contribution in [3.8, 4) is 0 Å². The van der Waals surface area contributed by atoms with E-state index in [4.69, 9.17) is 4.74 Å². The highest BCUT2D eigenvalue weighted by Gasteiger charge is 2.18. The Morgan fingerprint density at radius 3 is 2.44 bits per heavy atom. The molecule has 18 heavy (non-hydrogen) atoms. The molecule has 6 heteroatoms. The largest absolute Gasteiger partial charge is 0.444 e. The Hall–Kier alpha value is -1.17. The average Bonchev–Trinajstić information content (AvgIpc) is 2.19. The Kier molecular flexibility index (Phi) is 4.67. The maximum atomic E-state index is 13.4. The number of halogens is 3. The van der Waals surface area contributed by atoms with Crippen LogP contribution in [0.5, 0.6) is 0 Å². The van der Waals surface area contributed by atoms with Crippen molar-refractivity contribution in [2.75, 3.05) is 5.32 Å². The molecule has 1 amide bonds. The fraction of sp³-hybridized carbons (Fsp3) is 0.417. The van der Waals surface area contributed by atoms with Gasteiger partial charge < -0.3 is 4.74 Å². The van der Waals surface area contributed by atoms with Crippen molar-refractivity contribution in [2.45, 2.75) is 31.7 Å². The SMILES string of the molecule is CC(C)(C)OC(=O)Nc1cc(CBr)c(F)cc1F. The lowest BCUT2D eigenvalue weighted by Crippen LogP contribution is -2.27. The van der Waals surface area contributed by atoms with Gasteiger partial charge in [0, 0.05) is 17.0 Å². The third kappa shape index (κ3) is 4.25. The summed E-state index contributed by atoms with van der Waals surface area (Å²) in [6.45, 7) is 5.08. The van der Waals surface area contributed by atoms with E-state index in [2.05, 4.69) is 21.2 Å². The van der Waals surface area contributed by atoms with Crippen molar-refractivity contribution in [1.29, 1.82) is 0 Å². The molecule has 1 aromatic rings. The zero-order valence-electron chi connectivity index (χ0n) is 10.3. The maximum Gasteiger partial charge on any atom is 0.412 e. The topological polar surface area (TPSA) is 38.3 Å². The van der Waals surface area contributed by atoms with Gasteiger partial charge in [-0.25, -0.2) is 13.6 Å². The normalized spacial score (nSPS) is 11.2. The molecule has 0 unspecified atom stereocenters. The summed E-state index contributed by atoms with van der Waals surface area (Å²) in [6, 6.07) is 1.95. The van der Waals surface area contributed by atoms with Crippen LogP contribution in [0.1, 0.15) is 26.3 Å². The molecule has 0 aliphatic carbocycles. The third-order valence-electron chi connectivity index (χ3n) is 1.92. The molecule has 0 saturated heterocycles. The standard InChI is InChI=1S/C12H14BrF2NO2/c1-12(2,3)18-11(17)16-10-4-7(6-13)8(14)5-9(10)15/h4-5H,6H2,1-3H3,(H,16,17). The van der Waals surface area contributed by atoms with Crippen LogP contribution in [0.25, 0.3) is 0 Å². The number of rotatable bonds is 2. The van der Waals surface area contributed by atoms with Crippen molar-refractivity contribution in [3.63, 3.8) is 0 Å².